The van der Waals surface area contributed by atoms with E-state index in [4.69, 9.17) is 0 Å². The molecule has 0 unspecified atom stereocenters. The Morgan fingerprint density at radius 1 is 1.40 bits per heavy atom. The molecule has 0 fully saturated rings. The van der Waals surface area contributed by atoms with Crippen molar-refractivity contribution in [3.8, 4) is 0 Å². The van der Waals surface area contributed by atoms with E-state index in [9.17, 15) is 0 Å². The molecule has 0 bridgehead atoms. The van der Waals surface area contributed by atoms with E-state index in [2.05, 4.69) is 25.9 Å². The van der Waals surface area contributed by atoms with Crippen LogP contribution in [0.4, 0.5) is 0 Å². The zero-order valence-corrected chi connectivity index (χ0v) is 7.32. The molecule has 0 aliphatic carbocycles. The van der Waals surface area contributed by atoms with Crippen LogP contribution in [0.25, 0.3) is 10.3 Å². The quantitative estimate of drug-likeness (QED) is 0.631. The Morgan fingerprint density at radius 3 is 3.20 bits per heavy atom. The maximum Gasteiger partial charge on any atom is 0.144 e. The zero-order valence-electron chi connectivity index (χ0n) is 4.91. The van der Waals surface area contributed by atoms with Gasteiger partial charge < -0.3 is 0 Å². The van der Waals surface area contributed by atoms with Crippen LogP contribution in [0.5, 0.6) is 0 Å². The molecule has 0 amide bonds. The number of thiazole rings is 1. The molecule has 50 valence electrons. The van der Waals surface area contributed by atoms with Crippen molar-refractivity contribution in [2.45, 2.75) is 0 Å². The van der Waals surface area contributed by atoms with Crippen LogP contribution < -0.4 is 0 Å². The summed E-state index contributed by atoms with van der Waals surface area (Å²) in [7, 11) is 0. The smallest absolute Gasteiger partial charge is 0.144 e. The molecule has 0 saturated carbocycles. The monoisotopic (exact) mass is 214 g/mol. The second-order valence-electron chi connectivity index (χ2n) is 1.81. The molecule has 2 rings (SSSR count). The molecule has 0 aliphatic heterocycles. The fraction of sp³-hybridized carbons (Fsp3) is 0. The predicted molar refractivity (Wildman–Crippen MR) is 45.1 cm³/mol. The third kappa shape index (κ3) is 0.932. The number of nitrogens with zero attached hydrogens (tertiary/aromatic N) is 2. The van der Waals surface area contributed by atoms with Gasteiger partial charge in [-0.05, 0) is 28.1 Å². The number of rotatable bonds is 0. The van der Waals surface area contributed by atoms with Crippen LogP contribution >= 0.6 is 27.3 Å². The van der Waals surface area contributed by atoms with E-state index in [1.54, 1.807) is 16.8 Å². The molecule has 0 radical (unpaired) electrons. The van der Waals surface area contributed by atoms with Crippen LogP contribution in [0.1, 0.15) is 0 Å². The van der Waals surface area contributed by atoms with Gasteiger partial charge in [0, 0.05) is 0 Å². The van der Waals surface area contributed by atoms with Crippen molar-refractivity contribution < 1.29 is 0 Å². The first kappa shape index (κ1) is 6.24. The van der Waals surface area contributed by atoms with E-state index < -0.39 is 0 Å². The topological polar surface area (TPSA) is 25.8 Å². The fourth-order valence-electron chi connectivity index (χ4n) is 0.729. The zero-order chi connectivity index (χ0) is 6.97. The standard InChI is InChI=1S/C6H3BrN2S/c7-5-2-1-4-6(9-5)10-3-8-4/h1-3H. The van der Waals surface area contributed by atoms with Crippen molar-refractivity contribution in [1.29, 1.82) is 0 Å². The summed E-state index contributed by atoms with van der Waals surface area (Å²) >= 11 is 4.83. The average molecular weight is 215 g/mol. The molecule has 0 aliphatic rings. The van der Waals surface area contributed by atoms with Gasteiger partial charge in [-0.3, -0.25) is 0 Å². The highest BCUT2D eigenvalue weighted by atomic mass is 79.9. The molecule has 0 spiro atoms. The highest BCUT2D eigenvalue weighted by Crippen LogP contribution is 2.17. The van der Waals surface area contributed by atoms with Gasteiger partial charge >= 0.3 is 0 Å². The van der Waals surface area contributed by atoms with Gasteiger partial charge in [0.25, 0.3) is 0 Å². The third-order valence-electron chi connectivity index (χ3n) is 1.16. The highest BCUT2D eigenvalue weighted by Gasteiger charge is 1.96. The molecule has 2 heterocycles. The van der Waals surface area contributed by atoms with E-state index in [0.717, 1.165) is 15.0 Å². The maximum absolute atomic E-state index is 4.21. The summed E-state index contributed by atoms with van der Waals surface area (Å²) in [6.07, 6.45) is 0. The van der Waals surface area contributed by atoms with Crippen LogP contribution in [0.15, 0.2) is 22.2 Å². The molecule has 0 aromatic carbocycles. The molecule has 4 heteroatoms. The maximum atomic E-state index is 4.21. The third-order valence-corrected chi connectivity index (χ3v) is 2.34. The summed E-state index contributed by atoms with van der Waals surface area (Å²) in [6, 6.07) is 3.84. The van der Waals surface area contributed by atoms with Crippen molar-refractivity contribution in [1.82, 2.24) is 9.97 Å². The van der Waals surface area contributed by atoms with Gasteiger partial charge in [-0.2, -0.15) is 0 Å². The van der Waals surface area contributed by atoms with Crippen LogP contribution in [0.3, 0.4) is 0 Å². The fourth-order valence-corrected chi connectivity index (χ4v) is 1.81. The summed E-state index contributed by atoms with van der Waals surface area (Å²) in [5, 5.41) is 0. The Kier molecular flexibility index (Phi) is 1.43. The van der Waals surface area contributed by atoms with Crippen molar-refractivity contribution >= 4 is 37.6 Å². The first-order chi connectivity index (χ1) is 4.86. The van der Waals surface area contributed by atoms with E-state index in [1.807, 2.05) is 12.1 Å². The van der Waals surface area contributed by atoms with Crippen LogP contribution in [0.2, 0.25) is 0 Å². The number of hydrogen-bond acceptors (Lipinski definition) is 3. The van der Waals surface area contributed by atoms with Crippen molar-refractivity contribution in [3.63, 3.8) is 0 Å². The summed E-state index contributed by atoms with van der Waals surface area (Å²) in [4.78, 5) is 9.28. The Hall–Kier alpha value is -0.480. The molecule has 2 aromatic heterocycles. The Balaban J connectivity index is 2.86. The van der Waals surface area contributed by atoms with Crippen LogP contribution in [-0.4, -0.2) is 9.97 Å². The molecule has 0 saturated heterocycles. The summed E-state index contributed by atoms with van der Waals surface area (Å²) in [6.45, 7) is 0. The van der Waals surface area contributed by atoms with E-state index in [-0.39, 0.29) is 0 Å². The number of halogens is 1. The lowest BCUT2D eigenvalue weighted by atomic mass is 10.5. The minimum absolute atomic E-state index is 0.865. The lowest BCUT2D eigenvalue weighted by Gasteiger charge is -1.86. The molecule has 2 aromatic rings. The van der Waals surface area contributed by atoms with Crippen LogP contribution in [0, 0.1) is 0 Å². The molecule has 0 atom stereocenters. The van der Waals surface area contributed by atoms with Gasteiger partial charge in [0.05, 0.1) is 5.51 Å². The highest BCUT2D eigenvalue weighted by molar-refractivity contribution is 9.10. The molecule has 2 nitrogen and oxygen atoms in total. The number of fused-ring (bicyclic) bond motifs is 1. The molecule has 0 N–H and O–H groups in total. The van der Waals surface area contributed by atoms with Gasteiger partial charge in [0.2, 0.25) is 0 Å². The van der Waals surface area contributed by atoms with Gasteiger partial charge in [0.1, 0.15) is 15.0 Å². The minimum atomic E-state index is 0.865. The number of aromatic nitrogens is 2. The van der Waals surface area contributed by atoms with Crippen molar-refractivity contribution in [2.24, 2.45) is 0 Å². The first-order valence-electron chi connectivity index (χ1n) is 2.72. The normalized spacial score (nSPS) is 10.5. The van der Waals surface area contributed by atoms with Gasteiger partial charge in [-0.15, -0.1) is 11.3 Å². The van der Waals surface area contributed by atoms with Crippen molar-refractivity contribution in [3.05, 3.63) is 22.2 Å². The molecular weight excluding hydrogens is 212 g/mol. The molecular formula is C6H3BrN2S. The number of pyridine rings is 1. The number of hydrogen-bond donors (Lipinski definition) is 0. The summed E-state index contributed by atoms with van der Waals surface area (Å²) in [5.41, 5.74) is 2.76. The second-order valence-corrected chi connectivity index (χ2v) is 3.46. The second kappa shape index (κ2) is 2.29. The van der Waals surface area contributed by atoms with Gasteiger partial charge in [0.15, 0.2) is 0 Å². The lowest BCUT2D eigenvalue weighted by molar-refractivity contribution is 1.36. The van der Waals surface area contributed by atoms with Crippen LogP contribution in [-0.2, 0) is 0 Å². The van der Waals surface area contributed by atoms with E-state index >= 15 is 0 Å². The predicted octanol–water partition coefficient (Wildman–Crippen LogP) is 2.45. The molecule has 10 heavy (non-hydrogen) atoms. The minimum Gasteiger partial charge on any atom is -0.243 e. The average Bonchev–Trinajstić information content (AvgIpc) is 2.33. The summed E-state index contributed by atoms with van der Waals surface area (Å²) in [5.74, 6) is 0. The Labute approximate surface area is 70.1 Å². The first-order valence-corrected chi connectivity index (χ1v) is 4.39. The van der Waals surface area contributed by atoms with E-state index in [1.165, 1.54) is 0 Å². The Morgan fingerprint density at radius 2 is 2.30 bits per heavy atom. The van der Waals surface area contributed by atoms with Gasteiger partial charge in [-0.25, -0.2) is 9.97 Å². The van der Waals surface area contributed by atoms with Crippen molar-refractivity contribution in [2.75, 3.05) is 0 Å². The van der Waals surface area contributed by atoms with Gasteiger partial charge in [-0.1, -0.05) is 0 Å². The Bertz CT molecular complexity index is 357. The SMILES string of the molecule is Brc1ccc2ncsc2n1. The largest absolute Gasteiger partial charge is 0.243 e. The lowest BCUT2D eigenvalue weighted by Crippen LogP contribution is -1.72. The van der Waals surface area contributed by atoms with E-state index in [0.29, 0.717) is 0 Å². The summed E-state index contributed by atoms with van der Waals surface area (Å²) < 4.78 is 0.865.